The highest BCUT2D eigenvalue weighted by atomic mass is 28.4. The first-order valence-electron chi connectivity index (χ1n) is 12.3. The van der Waals surface area contributed by atoms with E-state index < -0.39 is 55.7 Å². The van der Waals surface area contributed by atoms with Crippen LogP contribution in [0.1, 0.15) is 62.3 Å². The fourth-order valence-corrected chi connectivity index (χ4v) is 6.41. The summed E-state index contributed by atoms with van der Waals surface area (Å²) in [6.07, 6.45) is -5.41. The lowest BCUT2D eigenvalue weighted by Crippen LogP contribution is -2.65. The first kappa shape index (κ1) is 31.4. The molecule has 0 aromatic carbocycles. The van der Waals surface area contributed by atoms with Crippen LogP contribution in [0, 0.1) is 0 Å². The summed E-state index contributed by atoms with van der Waals surface area (Å²) in [4.78, 5) is 0. The molecule has 1 saturated heterocycles. The van der Waals surface area contributed by atoms with E-state index in [9.17, 15) is 5.11 Å². The summed E-state index contributed by atoms with van der Waals surface area (Å²) in [6, 6.07) is 0. The van der Waals surface area contributed by atoms with E-state index in [1.165, 1.54) is 0 Å². The molecule has 0 radical (unpaired) electrons. The molecule has 5 atom stereocenters. The maximum absolute atomic E-state index is 16.1. The summed E-state index contributed by atoms with van der Waals surface area (Å²) in [6.45, 7) is 32.0. The molecule has 33 heavy (non-hydrogen) atoms. The number of aliphatic hydroxyl groups excluding tert-OH is 1. The molecule has 1 fully saturated rings. The number of alkyl halides is 1. The lowest BCUT2D eigenvalue weighted by Gasteiger charge is -2.50. The van der Waals surface area contributed by atoms with Crippen LogP contribution in [0.3, 0.4) is 0 Å². The van der Waals surface area contributed by atoms with Gasteiger partial charge in [0.15, 0.2) is 37.4 Å². The Bertz CT molecular complexity index is 650. The van der Waals surface area contributed by atoms with Crippen LogP contribution in [0.2, 0.25) is 54.4 Å². The highest BCUT2D eigenvalue weighted by molar-refractivity contribution is 6.75. The largest absolute Gasteiger partial charge is 0.414 e. The minimum atomic E-state index is -2.35. The number of rotatable bonds is 7. The lowest BCUT2D eigenvalue weighted by molar-refractivity contribution is -0.267. The van der Waals surface area contributed by atoms with E-state index in [2.05, 4.69) is 102 Å². The minimum Gasteiger partial charge on any atom is -0.414 e. The predicted octanol–water partition coefficient (Wildman–Crippen LogP) is 6.84. The first-order valence-corrected chi connectivity index (χ1v) is 21.0. The molecular weight excluding hydrogens is 472 g/mol. The third kappa shape index (κ3) is 7.44. The maximum atomic E-state index is 16.1. The molecular formula is C24H53FO5Si3. The van der Waals surface area contributed by atoms with E-state index in [0.29, 0.717) is 0 Å². The van der Waals surface area contributed by atoms with Crippen molar-refractivity contribution in [1.82, 2.24) is 0 Å². The molecule has 9 heteroatoms. The second-order valence-electron chi connectivity index (χ2n) is 14.3. The maximum Gasteiger partial charge on any atom is 0.192 e. The average molecular weight is 525 g/mol. The van der Waals surface area contributed by atoms with Gasteiger partial charge in [-0.3, -0.25) is 0 Å². The van der Waals surface area contributed by atoms with Gasteiger partial charge in [-0.25, -0.2) is 4.39 Å². The summed E-state index contributed by atoms with van der Waals surface area (Å²) in [5.41, 5.74) is 0. The van der Waals surface area contributed by atoms with Gasteiger partial charge in [0, 0.05) is 0 Å². The van der Waals surface area contributed by atoms with Crippen LogP contribution < -0.4 is 0 Å². The van der Waals surface area contributed by atoms with Gasteiger partial charge < -0.3 is 23.1 Å². The zero-order chi connectivity index (χ0) is 26.4. The smallest absolute Gasteiger partial charge is 0.192 e. The Hall–Kier alpha value is 0.381. The zero-order valence-electron chi connectivity index (χ0n) is 24.1. The topological polar surface area (TPSA) is 57.2 Å². The van der Waals surface area contributed by atoms with Crippen LogP contribution in [0.5, 0.6) is 0 Å². The van der Waals surface area contributed by atoms with Crippen molar-refractivity contribution < 1.29 is 27.5 Å². The molecule has 0 spiro atoms. The number of ether oxygens (including phenoxy) is 1. The van der Waals surface area contributed by atoms with Gasteiger partial charge in [-0.2, -0.15) is 0 Å². The minimum absolute atomic E-state index is 0.00286. The molecule has 5 nitrogen and oxygen atoms in total. The van der Waals surface area contributed by atoms with Crippen LogP contribution >= 0.6 is 0 Å². The summed E-state index contributed by atoms with van der Waals surface area (Å²) >= 11 is 0. The average Bonchev–Trinajstić information content (AvgIpc) is 2.56. The van der Waals surface area contributed by atoms with E-state index in [1.54, 1.807) is 0 Å². The van der Waals surface area contributed by atoms with E-state index >= 15 is 4.39 Å². The number of hydrogen-bond donors (Lipinski definition) is 1. The van der Waals surface area contributed by atoms with E-state index in [-0.39, 0.29) is 21.7 Å². The Balaban J connectivity index is 3.28. The summed E-state index contributed by atoms with van der Waals surface area (Å²) < 4.78 is 41.4. The van der Waals surface area contributed by atoms with Crippen molar-refractivity contribution in [2.75, 3.05) is 6.61 Å². The molecule has 0 amide bonds. The van der Waals surface area contributed by atoms with Crippen LogP contribution in [-0.4, -0.2) is 67.4 Å². The highest BCUT2D eigenvalue weighted by Gasteiger charge is 2.54. The molecule has 1 rings (SSSR count). The quantitative estimate of drug-likeness (QED) is 0.369. The third-order valence-electron chi connectivity index (χ3n) is 8.48. The Morgan fingerprint density at radius 1 is 0.697 bits per heavy atom. The Labute approximate surface area is 206 Å². The van der Waals surface area contributed by atoms with Gasteiger partial charge in [-0.1, -0.05) is 62.3 Å². The normalized spacial score (nSPS) is 28.8. The fraction of sp³-hybridized carbons (Fsp3) is 1.00. The van der Waals surface area contributed by atoms with Gasteiger partial charge in [-0.15, -0.1) is 0 Å². The van der Waals surface area contributed by atoms with Gasteiger partial charge in [0.2, 0.25) is 0 Å². The molecule has 1 aliphatic rings. The van der Waals surface area contributed by atoms with Crippen LogP contribution in [0.25, 0.3) is 0 Å². The van der Waals surface area contributed by atoms with Crippen molar-refractivity contribution in [3.8, 4) is 0 Å². The van der Waals surface area contributed by atoms with Crippen LogP contribution in [-0.2, 0) is 18.0 Å². The Morgan fingerprint density at radius 3 is 1.42 bits per heavy atom. The van der Waals surface area contributed by atoms with Crippen LogP contribution in [0.15, 0.2) is 0 Å². The summed E-state index contributed by atoms with van der Waals surface area (Å²) in [7, 11) is -6.77. The number of hydrogen-bond acceptors (Lipinski definition) is 5. The number of aliphatic hydroxyl groups is 1. The van der Waals surface area contributed by atoms with E-state index in [1.807, 2.05) is 0 Å². The van der Waals surface area contributed by atoms with E-state index in [0.717, 1.165) is 0 Å². The summed E-state index contributed by atoms with van der Waals surface area (Å²) in [5, 5.41) is 10.8. The van der Waals surface area contributed by atoms with Gasteiger partial charge in [-0.05, 0) is 54.4 Å². The molecule has 0 unspecified atom stereocenters. The molecule has 0 aromatic heterocycles. The van der Waals surface area contributed by atoms with Crippen molar-refractivity contribution in [3.63, 3.8) is 0 Å². The monoisotopic (exact) mass is 524 g/mol. The van der Waals surface area contributed by atoms with E-state index in [4.69, 9.17) is 18.0 Å². The summed E-state index contributed by atoms with van der Waals surface area (Å²) in [5.74, 6) is 0. The second-order valence-corrected chi connectivity index (χ2v) is 28.6. The molecule has 1 aliphatic heterocycles. The van der Waals surface area contributed by atoms with Gasteiger partial charge in [0.1, 0.15) is 18.3 Å². The molecule has 0 bridgehead atoms. The fourth-order valence-electron chi connectivity index (χ4n) is 2.82. The van der Waals surface area contributed by atoms with Crippen molar-refractivity contribution in [3.05, 3.63) is 0 Å². The highest BCUT2D eigenvalue weighted by Crippen LogP contribution is 2.44. The zero-order valence-corrected chi connectivity index (χ0v) is 27.1. The molecule has 0 aliphatic carbocycles. The first-order chi connectivity index (χ1) is 14.3. The Kier molecular flexibility index (Phi) is 9.55. The van der Waals surface area contributed by atoms with Gasteiger partial charge in [0.05, 0.1) is 6.61 Å². The number of halogens is 1. The second kappa shape index (κ2) is 10.0. The van der Waals surface area contributed by atoms with Crippen molar-refractivity contribution >= 4 is 25.0 Å². The SMILES string of the molecule is CC(C)(C)[Si](C)(C)OC[C@H]1O[C@H](O)[C@H](O[Si](C)(C)C(C)(C)C)[C@@H](O[Si](C)(C)C(C)(C)C)[C@@H]1F. The molecule has 198 valence electrons. The predicted molar refractivity (Wildman–Crippen MR) is 143 cm³/mol. The van der Waals surface area contributed by atoms with Crippen molar-refractivity contribution in [2.24, 2.45) is 0 Å². The molecule has 0 saturated carbocycles. The van der Waals surface area contributed by atoms with Gasteiger partial charge in [0.25, 0.3) is 0 Å². The molecule has 0 aromatic rings. The lowest BCUT2D eigenvalue weighted by atomic mass is 10.0. The molecule has 1 heterocycles. The van der Waals surface area contributed by atoms with Crippen molar-refractivity contribution in [1.29, 1.82) is 0 Å². The standard InChI is InChI=1S/C24H53FO5Si3/c1-22(2,3)31(10,11)27-16-17-18(25)19(29-32(12,13)23(4,5)6)20(21(26)28-17)30-33(14,15)24(7,8)9/h17-21,26H,16H2,1-15H3/t17-,18-,19+,20-,21+/m1/s1. The van der Waals surface area contributed by atoms with Crippen molar-refractivity contribution in [2.45, 2.75) is 147 Å². The van der Waals surface area contributed by atoms with Crippen LogP contribution in [0.4, 0.5) is 4.39 Å². The molecule has 1 N–H and O–H groups in total. The third-order valence-corrected chi connectivity index (χ3v) is 21.9. The van der Waals surface area contributed by atoms with Gasteiger partial charge >= 0.3 is 0 Å². The Morgan fingerprint density at radius 2 is 1.06 bits per heavy atom.